The summed E-state index contributed by atoms with van der Waals surface area (Å²) in [6, 6.07) is 20.5. The Balaban J connectivity index is 1.27. The summed E-state index contributed by atoms with van der Waals surface area (Å²) in [6.45, 7) is 0.637. The van der Waals surface area contributed by atoms with Crippen LogP contribution >= 0.6 is 0 Å². The summed E-state index contributed by atoms with van der Waals surface area (Å²) in [5.74, 6) is 0.651. The average molecular weight is 458 g/mol. The van der Waals surface area contributed by atoms with E-state index in [0.717, 1.165) is 5.69 Å². The molecule has 4 rings (SSSR count). The maximum absolute atomic E-state index is 13.4. The van der Waals surface area contributed by atoms with Gasteiger partial charge in [-0.2, -0.15) is 10.4 Å². The van der Waals surface area contributed by atoms with E-state index in [9.17, 15) is 9.18 Å². The number of carbonyl (C=O) groups excluding carboxylic acids is 1. The van der Waals surface area contributed by atoms with Gasteiger partial charge in [-0.15, -0.1) is 0 Å². The Morgan fingerprint density at radius 2 is 2.03 bits per heavy atom. The maximum atomic E-state index is 13.4. The second-order valence-corrected chi connectivity index (χ2v) is 7.78. The van der Waals surface area contributed by atoms with Gasteiger partial charge in [0.2, 0.25) is 0 Å². The maximum Gasteiger partial charge on any atom is 0.289 e. The van der Waals surface area contributed by atoms with Gasteiger partial charge in [0, 0.05) is 24.8 Å². The van der Waals surface area contributed by atoms with Crippen LogP contribution in [0.5, 0.6) is 5.75 Å². The van der Waals surface area contributed by atoms with Crippen LogP contribution in [0.4, 0.5) is 4.39 Å². The van der Waals surface area contributed by atoms with Gasteiger partial charge in [0.15, 0.2) is 5.76 Å². The normalized spacial score (nSPS) is 10.6. The first-order chi connectivity index (χ1) is 16.5. The zero-order chi connectivity index (χ0) is 23.9. The number of aromatic nitrogens is 2. The van der Waals surface area contributed by atoms with Gasteiger partial charge in [0.1, 0.15) is 30.0 Å². The number of aryl methyl sites for hydroxylation is 1. The monoisotopic (exact) mass is 458 g/mol. The lowest BCUT2D eigenvalue weighted by molar-refractivity contribution is 0.0758. The predicted octanol–water partition coefficient (Wildman–Crippen LogP) is 4.96. The highest BCUT2D eigenvalue weighted by Gasteiger charge is 2.16. The standard InChI is InChI=1S/C26H23FN4O3/c1-31(13-5-9-21-15-23(30-29-21)18-7-4-8-20(27)14-18)26(32)25-12-11-22(34-25)17-33-24-10-3-2-6-19(24)16-28/h2-4,6-8,10-12,14-15H,5,9,13,17H2,1H3,(H,29,30). The molecule has 0 aliphatic rings. The number of nitriles is 1. The first kappa shape index (κ1) is 22.8. The zero-order valence-electron chi connectivity index (χ0n) is 18.6. The van der Waals surface area contributed by atoms with Gasteiger partial charge in [-0.05, 0) is 55.3 Å². The number of nitrogens with one attached hydrogen (secondary N) is 1. The van der Waals surface area contributed by atoms with Crippen molar-refractivity contribution in [1.82, 2.24) is 15.1 Å². The molecule has 0 saturated carbocycles. The largest absolute Gasteiger partial charge is 0.484 e. The van der Waals surface area contributed by atoms with E-state index in [1.807, 2.05) is 6.07 Å². The van der Waals surface area contributed by atoms with E-state index in [-0.39, 0.29) is 24.1 Å². The van der Waals surface area contributed by atoms with Crippen LogP contribution in [0.2, 0.25) is 0 Å². The van der Waals surface area contributed by atoms with Crippen LogP contribution in [0.15, 0.2) is 71.1 Å². The fourth-order valence-electron chi connectivity index (χ4n) is 3.49. The van der Waals surface area contributed by atoms with E-state index < -0.39 is 0 Å². The summed E-state index contributed by atoms with van der Waals surface area (Å²) in [5.41, 5.74) is 2.74. The lowest BCUT2D eigenvalue weighted by Crippen LogP contribution is -2.27. The number of para-hydroxylation sites is 1. The van der Waals surface area contributed by atoms with Crippen LogP contribution < -0.4 is 4.74 Å². The molecular weight excluding hydrogens is 435 g/mol. The van der Waals surface area contributed by atoms with E-state index in [4.69, 9.17) is 14.4 Å². The Labute approximate surface area is 196 Å². The molecule has 1 amide bonds. The van der Waals surface area contributed by atoms with Gasteiger partial charge in [-0.1, -0.05) is 24.3 Å². The van der Waals surface area contributed by atoms with Crippen molar-refractivity contribution < 1.29 is 18.3 Å². The highest BCUT2D eigenvalue weighted by molar-refractivity contribution is 5.91. The molecule has 0 aliphatic carbocycles. The number of aromatic amines is 1. The fraction of sp³-hybridized carbons (Fsp3) is 0.192. The number of hydrogen-bond donors (Lipinski definition) is 1. The Hall–Kier alpha value is -4.38. The second kappa shape index (κ2) is 10.5. The van der Waals surface area contributed by atoms with Crippen molar-refractivity contribution in [2.75, 3.05) is 13.6 Å². The number of carbonyl (C=O) groups is 1. The summed E-state index contributed by atoms with van der Waals surface area (Å²) in [6.07, 6.45) is 1.41. The molecule has 0 atom stereocenters. The second-order valence-electron chi connectivity index (χ2n) is 7.78. The van der Waals surface area contributed by atoms with E-state index in [1.54, 1.807) is 60.5 Å². The van der Waals surface area contributed by atoms with Gasteiger partial charge >= 0.3 is 0 Å². The zero-order valence-corrected chi connectivity index (χ0v) is 18.6. The summed E-state index contributed by atoms with van der Waals surface area (Å²) in [5, 5.41) is 16.4. The summed E-state index contributed by atoms with van der Waals surface area (Å²) >= 11 is 0. The lowest BCUT2D eigenvalue weighted by Gasteiger charge is -2.15. The van der Waals surface area contributed by atoms with E-state index in [2.05, 4.69) is 16.3 Å². The van der Waals surface area contributed by atoms with Crippen LogP contribution in [0.25, 0.3) is 11.3 Å². The number of rotatable bonds is 9. The van der Waals surface area contributed by atoms with E-state index >= 15 is 0 Å². The number of benzene rings is 2. The van der Waals surface area contributed by atoms with Crippen molar-refractivity contribution in [3.8, 4) is 23.1 Å². The summed E-state index contributed by atoms with van der Waals surface area (Å²) in [4.78, 5) is 14.3. The lowest BCUT2D eigenvalue weighted by atomic mass is 10.1. The minimum atomic E-state index is -0.304. The average Bonchev–Trinajstić information content (AvgIpc) is 3.52. The minimum Gasteiger partial charge on any atom is -0.484 e. The minimum absolute atomic E-state index is 0.114. The van der Waals surface area contributed by atoms with Crippen molar-refractivity contribution in [1.29, 1.82) is 5.26 Å². The smallest absolute Gasteiger partial charge is 0.289 e. The topological polar surface area (TPSA) is 95.1 Å². The number of halogens is 1. The third kappa shape index (κ3) is 5.51. The van der Waals surface area contributed by atoms with Crippen molar-refractivity contribution in [2.24, 2.45) is 0 Å². The molecule has 7 nitrogen and oxygen atoms in total. The number of H-pyrrole nitrogens is 1. The molecule has 0 aliphatic heterocycles. The molecule has 4 aromatic rings. The highest BCUT2D eigenvalue weighted by atomic mass is 19.1. The molecule has 0 saturated heterocycles. The van der Waals surface area contributed by atoms with Crippen molar-refractivity contribution in [3.05, 3.63) is 95.3 Å². The number of hydrogen-bond acceptors (Lipinski definition) is 5. The van der Waals surface area contributed by atoms with Crippen LogP contribution in [-0.2, 0) is 13.0 Å². The summed E-state index contributed by atoms with van der Waals surface area (Å²) in [7, 11) is 1.72. The van der Waals surface area contributed by atoms with Gasteiger partial charge in [-0.3, -0.25) is 9.89 Å². The van der Waals surface area contributed by atoms with Gasteiger partial charge < -0.3 is 14.1 Å². The van der Waals surface area contributed by atoms with Crippen LogP contribution in [0, 0.1) is 17.1 Å². The Kier molecular flexibility index (Phi) is 7.04. The van der Waals surface area contributed by atoms with E-state index in [1.165, 1.54) is 12.1 Å². The number of nitrogens with zero attached hydrogens (tertiary/aromatic N) is 3. The van der Waals surface area contributed by atoms with Crippen molar-refractivity contribution >= 4 is 5.91 Å². The van der Waals surface area contributed by atoms with Crippen molar-refractivity contribution in [2.45, 2.75) is 19.4 Å². The van der Waals surface area contributed by atoms with E-state index in [0.29, 0.717) is 47.7 Å². The molecule has 0 fully saturated rings. The number of ether oxygens (including phenoxy) is 1. The number of furan rings is 1. The third-order valence-corrected chi connectivity index (χ3v) is 5.29. The molecule has 2 heterocycles. The molecule has 2 aromatic heterocycles. The summed E-state index contributed by atoms with van der Waals surface area (Å²) < 4.78 is 24.7. The third-order valence-electron chi connectivity index (χ3n) is 5.29. The Morgan fingerprint density at radius 3 is 2.85 bits per heavy atom. The number of amides is 1. The molecule has 0 radical (unpaired) electrons. The predicted molar refractivity (Wildman–Crippen MR) is 123 cm³/mol. The molecule has 0 bridgehead atoms. The Morgan fingerprint density at radius 1 is 1.18 bits per heavy atom. The molecule has 0 unspecified atom stereocenters. The van der Waals surface area contributed by atoms with Crippen LogP contribution in [0.3, 0.4) is 0 Å². The molecule has 1 N–H and O–H groups in total. The Bertz CT molecular complexity index is 1320. The van der Waals surface area contributed by atoms with Gasteiger partial charge in [-0.25, -0.2) is 4.39 Å². The van der Waals surface area contributed by atoms with Crippen LogP contribution in [-0.4, -0.2) is 34.6 Å². The first-order valence-corrected chi connectivity index (χ1v) is 10.8. The molecule has 172 valence electrons. The van der Waals surface area contributed by atoms with Crippen LogP contribution in [0.1, 0.15) is 34.0 Å². The van der Waals surface area contributed by atoms with Gasteiger partial charge in [0.25, 0.3) is 5.91 Å². The first-order valence-electron chi connectivity index (χ1n) is 10.8. The molecule has 2 aromatic carbocycles. The molecule has 0 spiro atoms. The molecular formula is C26H23FN4O3. The molecule has 8 heteroatoms. The SMILES string of the molecule is CN(CCCc1cc(-c2cccc(F)c2)n[nH]1)C(=O)c1ccc(COc2ccccc2C#N)o1. The molecule has 34 heavy (non-hydrogen) atoms. The fourth-order valence-corrected chi connectivity index (χ4v) is 3.49. The van der Waals surface area contributed by atoms with Gasteiger partial charge in [0.05, 0.1) is 11.3 Å². The van der Waals surface area contributed by atoms with Crippen molar-refractivity contribution in [3.63, 3.8) is 0 Å². The highest BCUT2D eigenvalue weighted by Crippen LogP contribution is 2.20. The quantitative estimate of drug-likeness (QED) is 0.382.